The smallest absolute Gasteiger partial charge is 0.410 e. The lowest BCUT2D eigenvalue weighted by atomic mass is 9.98. The van der Waals surface area contributed by atoms with Crippen molar-refractivity contribution in [2.45, 2.75) is 45.8 Å². The zero-order valence-corrected chi connectivity index (χ0v) is 12.6. The molecule has 6 nitrogen and oxygen atoms in total. The average Bonchev–Trinajstić information content (AvgIpc) is 2.23. The van der Waals surface area contributed by atoms with Gasteiger partial charge in [-0.25, -0.2) is 9.59 Å². The zero-order valence-electron chi connectivity index (χ0n) is 12.6. The molecule has 19 heavy (non-hydrogen) atoms. The summed E-state index contributed by atoms with van der Waals surface area (Å²) in [5, 5.41) is 9.27. The number of hydrogen-bond donors (Lipinski definition) is 1. The summed E-state index contributed by atoms with van der Waals surface area (Å²) in [4.78, 5) is 24.4. The Hall–Kier alpha value is -1.30. The van der Waals surface area contributed by atoms with Crippen LogP contribution in [0.15, 0.2) is 0 Å². The van der Waals surface area contributed by atoms with Gasteiger partial charge in [0, 0.05) is 20.8 Å². The Labute approximate surface area is 114 Å². The highest BCUT2D eigenvalue weighted by Crippen LogP contribution is 2.17. The van der Waals surface area contributed by atoms with Gasteiger partial charge >= 0.3 is 12.1 Å². The predicted octanol–water partition coefficient (Wildman–Crippen LogP) is 1.98. The van der Waals surface area contributed by atoms with Crippen LogP contribution in [0.25, 0.3) is 0 Å². The van der Waals surface area contributed by atoms with Gasteiger partial charge in [0.25, 0.3) is 0 Å². The van der Waals surface area contributed by atoms with E-state index in [9.17, 15) is 14.7 Å². The second-order valence-electron chi connectivity index (χ2n) is 5.63. The molecule has 0 radical (unpaired) electrons. The van der Waals surface area contributed by atoms with E-state index in [0.717, 1.165) is 4.90 Å². The third kappa shape index (κ3) is 6.42. The largest absolute Gasteiger partial charge is 0.480 e. The molecule has 0 fully saturated rings. The van der Waals surface area contributed by atoms with Gasteiger partial charge in [-0.05, 0) is 33.1 Å². The summed E-state index contributed by atoms with van der Waals surface area (Å²) in [6.07, 6.45) is -0.0789. The maximum absolute atomic E-state index is 11.9. The quantitative estimate of drug-likeness (QED) is 0.802. The van der Waals surface area contributed by atoms with Crippen LogP contribution in [0.1, 0.15) is 34.1 Å². The van der Waals surface area contributed by atoms with Crippen LogP contribution in [0, 0.1) is 5.92 Å². The lowest BCUT2D eigenvalue weighted by Gasteiger charge is -2.31. The fourth-order valence-electron chi connectivity index (χ4n) is 1.70. The molecule has 0 aromatic carbocycles. The SMILES string of the molecule is COCCC(C)C(C(=O)O)N(C)C(=O)OC(C)(C)C. The first-order valence-corrected chi connectivity index (χ1v) is 6.27. The Morgan fingerprint density at radius 2 is 1.84 bits per heavy atom. The summed E-state index contributed by atoms with van der Waals surface area (Å²) in [5.41, 5.74) is -0.649. The van der Waals surface area contributed by atoms with Crippen molar-refractivity contribution in [3.8, 4) is 0 Å². The van der Waals surface area contributed by atoms with Gasteiger partial charge in [-0.3, -0.25) is 4.90 Å². The molecule has 0 bridgehead atoms. The Balaban J connectivity index is 4.79. The Morgan fingerprint density at radius 3 is 2.21 bits per heavy atom. The van der Waals surface area contributed by atoms with Crippen molar-refractivity contribution >= 4 is 12.1 Å². The van der Waals surface area contributed by atoms with Crippen molar-refractivity contribution in [1.82, 2.24) is 4.90 Å². The molecule has 0 aromatic heterocycles. The Kier molecular flexibility index (Phi) is 6.83. The van der Waals surface area contributed by atoms with Crippen LogP contribution in [0.4, 0.5) is 4.79 Å². The van der Waals surface area contributed by atoms with E-state index in [0.29, 0.717) is 13.0 Å². The molecule has 0 aromatic rings. The maximum Gasteiger partial charge on any atom is 0.410 e. The molecule has 0 spiro atoms. The van der Waals surface area contributed by atoms with Crippen LogP contribution >= 0.6 is 0 Å². The fourth-order valence-corrected chi connectivity index (χ4v) is 1.70. The lowest BCUT2D eigenvalue weighted by Crippen LogP contribution is -2.48. The van der Waals surface area contributed by atoms with E-state index in [1.165, 1.54) is 7.05 Å². The minimum atomic E-state index is -1.04. The Bertz CT molecular complexity index is 311. The average molecular weight is 275 g/mol. The van der Waals surface area contributed by atoms with E-state index in [-0.39, 0.29) is 5.92 Å². The predicted molar refractivity (Wildman–Crippen MR) is 71.1 cm³/mol. The first-order valence-electron chi connectivity index (χ1n) is 6.27. The second-order valence-corrected chi connectivity index (χ2v) is 5.63. The highest BCUT2D eigenvalue weighted by atomic mass is 16.6. The van der Waals surface area contributed by atoms with Crippen molar-refractivity contribution in [2.75, 3.05) is 20.8 Å². The second kappa shape index (κ2) is 7.33. The molecule has 2 unspecified atom stereocenters. The molecule has 0 heterocycles. The number of carboxylic acids is 1. The minimum absolute atomic E-state index is 0.227. The molecule has 1 N–H and O–H groups in total. The van der Waals surface area contributed by atoms with Crippen LogP contribution in [0.5, 0.6) is 0 Å². The number of carboxylic acid groups (broad SMARTS) is 1. The maximum atomic E-state index is 11.9. The highest BCUT2D eigenvalue weighted by Gasteiger charge is 2.33. The highest BCUT2D eigenvalue weighted by molar-refractivity contribution is 5.80. The van der Waals surface area contributed by atoms with E-state index in [4.69, 9.17) is 9.47 Å². The van der Waals surface area contributed by atoms with E-state index in [1.807, 2.05) is 0 Å². The monoisotopic (exact) mass is 275 g/mol. The van der Waals surface area contributed by atoms with Crippen LogP contribution in [-0.4, -0.2) is 54.5 Å². The molecular formula is C13H25NO5. The van der Waals surface area contributed by atoms with Gasteiger partial charge in [0.05, 0.1) is 0 Å². The van der Waals surface area contributed by atoms with Crippen molar-refractivity contribution in [2.24, 2.45) is 5.92 Å². The van der Waals surface area contributed by atoms with Gasteiger partial charge in [0.15, 0.2) is 0 Å². The summed E-state index contributed by atoms with van der Waals surface area (Å²) < 4.78 is 10.1. The number of methoxy groups -OCH3 is 1. The molecule has 0 aliphatic carbocycles. The van der Waals surface area contributed by atoms with Crippen LogP contribution in [0.2, 0.25) is 0 Å². The first-order chi connectivity index (χ1) is 8.60. The number of carbonyl (C=O) groups is 2. The molecule has 0 saturated heterocycles. The van der Waals surface area contributed by atoms with E-state index < -0.39 is 23.7 Å². The molecule has 1 amide bonds. The number of carbonyl (C=O) groups excluding carboxylic acids is 1. The summed E-state index contributed by atoms with van der Waals surface area (Å²) in [5.74, 6) is -1.27. The summed E-state index contributed by atoms with van der Waals surface area (Å²) in [6.45, 7) is 7.44. The van der Waals surface area contributed by atoms with Gasteiger partial charge in [0.1, 0.15) is 11.6 Å². The zero-order chi connectivity index (χ0) is 15.2. The van der Waals surface area contributed by atoms with Crippen molar-refractivity contribution < 1.29 is 24.2 Å². The van der Waals surface area contributed by atoms with Crippen molar-refractivity contribution in [3.63, 3.8) is 0 Å². The molecule has 6 heteroatoms. The molecule has 112 valence electrons. The fraction of sp³-hybridized carbons (Fsp3) is 0.846. The summed E-state index contributed by atoms with van der Waals surface area (Å²) in [6, 6.07) is -0.926. The molecule has 0 rings (SSSR count). The van der Waals surface area contributed by atoms with Gasteiger partial charge < -0.3 is 14.6 Å². The first kappa shape index (κ1) is 17.7. The van der Waals surface area contributed by atoms with Crippen LogP contribution in [0.3, 0.4) is 0 Å². The van der Waals surface area contributed by atoms with Gasteiger partial charge in [-0.15, -0.1) is 0 Å². The minimum Gasteiger partial charge on any atom is -0.480 e. The van der Waals surface area contributed by atoms with E-state index in [2.05, 4.69) is 0 Å². The number of aliphatic carboxylic acids is 1. The topological polar surface area (TPSA) is 76.1 Å². The molecule has 2 atom stereocenters. The van der Waals surface area contributed by atoms with Gasteiger partial charge in [-0.1, -0.05) is 6.92 Å². The summed E-state index contributed by atoms with van der Waals surface area (Å²) >= 11 is 0. The number of rotatable bonds is 6. The standard InChI is InChI=1S/C13H25NO5/c1-9(7-8-18-6)10(11(15)16)14(5)12(17)19-13(2,3)4/h9-10H,7-8H2,1-6H3,(H,15,16). The normalized spacial score (nSPS) is 14.6. The molecule has 0 aliphatic heterocycles. The van der Waals surface area contributed by atoms with Crippen LogP contribution < -0.4 is 0 Å². The van der Waals surface area contributed by atoms with Gasteiger partial charge in [-0.2, -0.15) is 0 Å². The number of nitrogens with zero attached hydrogens (tertiary/aromatic N) is 1. The number of amides is 1. The Morgan fingerprint density at radius 1 is 1.32 bits per heavy atom. The summed E-state index contributed by atoms with van der Waals surface area (Å²) in [7, 11) is 3.00. The van der Waals surface area contributed by atoms with Crippen LogP contribution in [-0.2, 0) is 14.3 Å². The van der Waals surface area contributed by atoms with Crippen molar-refractivity contribution in [1.29, 1.82) is 0 Å². The third-order valence-electron chi connectivity index (χ3n) is 2.67. The van der Waals surface area contributed by atoms with E-state index in [1.54, 1.807) is 34.8 Å². The number of likely N-dealkylation sites (N-methyl/N-ethyl adjacent to an activating group) is 1. The lowest BCUT2D eigenvalue weighted by molar-refractivity contribution is -0.144. The molecule has 0 saturated carbocycles. The van der Waals surface area contributed by atoms with Crippen molar-refractivity contribution in [3.05, 3.63) is 0 Å². The molecular weight excluding hydrogens is 250 g/mol. The number of hydrogen-bond acceptors (Lipinski definition) is 4. The third-order valence-corrected chi connectivity index (χ3v) is 2.67. The van der Waals surface area contributed by atoms with E-state index >= 15 is 0 Å². The van der Waals surface area contributed by atoms with Gasteiger partial charge in [0.2, 0.25) is 0 Å². The number of ether oxygens (including phenoxy) is 2. The molecule has 0 aliphatic rings.